The molecule has 1 saturated heterocycles. The second-order valence-electron chi connectivity index (χ2n) is 11.1. The summed E-state index contributed by atoms with van der Waals surface area (Å²) in [5.74, 6) is -6.30. The van der Waals surface area contributed by atoms with Crippen LogP contribution in [0.25, 0.3) is 0 Å². The minimum absolute atomic E-state index is 0.155. The third kappa shape index (κ3) is 8.62. The molecule has 1 saturated carbocycles. The summed E-state index contributed by atoms with van der Waals surface area (Å²) in [4.78, 5) is 0. The molecule has 0 amide bonds. The van der Waals surface area contributed by atoms with Crippen LogP contribution >= 0.6 is 0 Å². The van der Waals surface area contributed by atoms with E-state index in [0.29, 0.717) is 19.1 Å². The molecule has 0 N–H and O–H groups in total. The van der Waals surface area contributed by atoms with Crippen LogP contribution in [-0.4, -0.2) is 13.2 Å². The maximum absolute atomic E-state index is 14.8. The van der Waals surface area contributed by atoms with Crippen molar-refractivity contribution in [3.63, 3.8) is 0 Å². The van der Waals surface area contributed by atoms with Gasteiger partial charge in [-0.05, 0) is 36.8 Å². The van der Waals surface area contributed by atoms with Gasteiger partial charge in [-0.2, -0.15) is 22.0 Å². The molecule has 0 unspecified atom stereocenters. The van der Waals surface area contributed by atoms with E-state index in [9.17, 15) is 35.1 Å². The molecule has 0 aromatic heterocycles. The molecule has 238 valence electrons. The fraction of sp³-hybridized carbons (Fsp3) is 0.548. The minimum atomic E-state index is -4.41. The fourth-order valence-electron chi connectivity index (χ4n) is 5.73. The number of benzene rings is 2. The topological polar surface area (TPSA) is 36.9 Å². The van der Waals surface area contributed by atoms with Gasteiger partial charge in [-0.1, -0.05) is 57.9 Å². The average Bonchev–Trinajstić information content (AvgIpc) is 2.97. The normalized spacial score (nSPS) is 22.7. The smallest absolute Gasteiger partial charge is 0.429 e. The van der Waals surface area contributed by atoms with Crippen molar-refractivity contribution in [2.75, 3.05) is 13.2 Å². The maximum atomic E-state index is 14.8. The highest BCUT2D eigenvalue weighted by atomic mass is 19.3. The van der Waals surface area contributed by atoms with Crippen molar-refractivity contribution in [3.8, 4) is 11.5 Å². The number of hydrogen-bond acceptors (Lipinski definition) is 4. The quantitative estimate of drug-likeness (QED) is 0.134. The van der Waals surface area contributed by atoms with Crippen LogP contribution < -0.4 is 9.47 Å². The van der Waals surface area contributed by atoms with Crippen molar-refractivity contribution < 1.29 is 54.1 Å². The Morgan fingerprint density at radius 3 is 2.07 bits per heavy atom. The minimum Gasteiger partial charge on any atom is -0.429 e. The summed E-state index contributed by atoms with van der Waals surface area (Å²) in [7, 11) is 0. The molecule has 12 heteroatoms. The second-order valence-corrected chi connectivity index (χ2v) is 11.1. The Morgan fingerprint density at radius 2 is 1.49 bits per heavy atom. The van der Waals surface area contributed by atoms with Gasteiger partial charge in [-0.3, -0.25) is 0 Å². The SMILES string of the molecule is CCCCCCC1CCC(C2COC(c3ccc(C(F)(F)Oc4cc(F)c(OC(F)=C(F)F)c(F)c4)c(F)c3)OC2)CC1. The highest BCUT2D eigenvalue weighted by Gasteiger charge is 2.39. The average molecular weight is 623 g/mol. The van der Waals surface area contributed by atoms with Gasteiger partial charge in [0, 0.05) is 23.6 Å². The van der Waals surface area contributed by atoms with Crippen molar-refractivity contribution in [2.24, 2.45) is 17.8 Å². The summed E-state index contributed by atoms with van der Waals surface area (Å²) in [5.41, 5.74) is -1.08. The van der Waals surface area contributed by atoms with Crippen LogP contribution in [0.3, 0.4) is 0 Å². The lowest BCUT2D eigenvalue weighted by Gasteiger charge is -2.38. The zero-order chi connectivity index (χ0) is 31.1. The van der Waals surface area contributed by atoms with E-state index in [1.165, 1.54) is 51.0 Å². The molecule has 4 nitrogen and oxygen atoms in total. The monoisotopic (exact) mass is 622 g/mol. The molecule has 2 fully saturated rings. The molecule has 2 aliphatic rings. The molecule has 2 aromatic rings. The Kier molecular flexibility index (Phi) is 11.3. The largest absolute Gasteiger partial charge is 0.429 e. The summed E-state index contributed by atoms with van der Waals surface area (Å²) in [6, 6.07) is 0.448. The van der Waals surface area contributed by atoms with E-state index in [4.69, 9.17) is 9.47 Å². The summed E-state index contributed by atoms with van der Waals surface area (Å²) in [6.07, 6.45) is 2.57. The van der Waals surface area contributed by atoms with E-state index in [1.54, 1.807) is 0 Å². The number of ether oxygens (including phenoxy) is 4. The van der Waals surface area contributed by atoms with E-state index < -0.39 is 59.0 Å². The Hall–Kier alpha value is -2.86. The molecule has 0 atom stereocenters. The van der Waals surface area contributed by atoms with Crippen molar-refractivity contribution in [3.05, 3.63) is 71.0 Å². The van der Waals surface area contributed by atoms with Crippen LogP contribution in [0.2, 0.25) is 0 Å². The van der Waals surface area contributed by atoms with Crippen molar-refractivity contribution in [1.29, 1.82) is 0 Å². The van der Waals surface area contributed by atoms with Crippen molar-refractivity contribution >= 4 is 0 Å². The van der Waals surface area contributed by atoms with Gasteiger partial charge in [0.1, 0.15) is 11.6 Å². The molecule has 4 rings (SSSR count). The zero-order valence-electron chi connectivity index (χ0n) is 23.6. The lowest BCUT2D eigenvalue weighted by atomic mass is 9.74. The van der Waals surface area contributed by atoms with E-state index in [2.05, 4.69) is 16.4 Å². The summed E-state index contributed by atoms with van der Waals surface area (Å²) < 4.78 is 129. The predicted octanol–water partition coefficient (Wildman–Crippen LogP) is 10.1. The number of halogens is 8. The molecule has 0 bridgehead atoms. The number of alkyl halides is 2. The first kappa shape index (κ1) is 33.0. The molecule has 1 aliphatic carbocycles. The van der Waals surface area contributed by atoms with Crippen molar-refractivity contribution in [1.82, 2.24) is 0 Å². The third-order valence-electron chi connectivity index (χ3n) is 8.08. The molecular weight excluding hydrogens is 588 g/mol. The lowest BCUT2D eigenvalue weighted by Crippen LogP contribution is -2.34. The van der Waals surface area contributed by atoms with Gasteiger partial charge in [0.2, 0.25) is 5.75 Å². The summed E-state index contributed by atoms with van der Waals surface area (Å²) >= 11 is 0. The van der Waals surface area contributed by atoms with Gasteiger partial charge in [-0.15, -0.1) is 0 Å². The van der Waals surface area contributed by atoms with E-state index in [1.807, 2.05) is 0 Å². The number of unbranched alkanes of at least 4 members (excludes halogenated alkanes) is 3. The summed E-state index contributed by atoms with van der Waals surface area (Å²) in [6.45, 7) is 3.00. The fourth-order valence-corrected chi connectivity index (χ4v) is 5.73. The molecular formula is C31H34F8O4. The van der Waals surface area contributed by atoms with Crippen LogP contribution in [0.5, 0.6) is 11.5 Å². The van der Waals surface area contributed by atoms with Crippen LogP contribution in [0.15, 0.2) is 42.4 Å². The second kappa shape index (κ2) is 14.7. The summed E-state index contributed by atoms with van der Waals surface area (Å²) in [5, 5.41) is 0. The number of rotatable bonds is 12. The van der Waals surface area contributed by atoms with Gasteiger partial charge in [-0.25, -0.2) is 13.2 Å². The molecule has 43 heavy (non-hydrogen) atoms. The van der Waals surface area contributed by atoms with Gasteiger partial charge in [0.15, 0.2) is 17.9 Å². The van der Waals surface area contributed by atoms with Crippen LogP contribution in [0.4, 0.5) is 35.1 Å². The molecule has 0 radical (unpaired) electrons. The highest BCUT2D eigenvalue weighted by Crippen LogP contribution is 2.40. The standard InChI is InChI=1S/C31H34F8O4/c1-2-3-4-5-6-18-7-9-19(10-8-18)21-16-40-30(41-17-21)20-11-12-23(24(32)13-20)31(38,39)43-22-14-25(33)27(26(34)15-22)42-29(37)28(35)36/h11-15,18-19,21,30H,2-10,16-17H2,1H3. The molecule has 1 heterocycles. The molecule has 1 aliphatic heterocycles. The van der Waals surface area contributed by atoms with Gasteiger partial charge >= 0.3 is 18.2 Å². The first-order valence-corrected chi connectivity index (χ1v) is 14.5. The predicted molar refractivity (Wildman–Crippen MR) is 141 cm³/mol. The van der Waals surface area contributed by atoms with E-state index in [0.717, 1.165) is 30.9 Å². The van der Waals surface area contributed by atoms with Gasteiger partial charge < -0.3 is 18.9 Å². The third-order valence-corrected chi connectivity index (χ3v) is 8.08. The lowest BCUT2D eigenvalue weighted by molar-refractivity contribution is -0.215. The zero-order valence-corrected chi connectivity index (χ0v) is 23.6. The van der Waals surface area contributed by atoms with Gasteiger partial charge in [0.05, 0.1) is 18.8 Å². The Labute approximate surface area is 244 Å². The van der Waals surface area contributed by atoms with Gasteiger partial charge in [0.25, 0.3) is 0 Å². The maximum Gasteiger partial charge on any atom is 0.429 e. The first-order valence-electron chi connectivity index (χ1n) is 14.5. The highest BCUT2D eigenvalue weighted by molar-refractivity contribution is 5.37. The molecule has 0 spiro atoms. The van der Waals surface area contributed by atoms with Crippen LogP contribution in [-0.2, 0) is 15.6 Å². The Bertz CT molecular complexity index is 1230. The first-order chi connectivity index (χ1) is 20.5. The van der Waals surface area contributed by atoms with E-state index in [-0.39, 0.29) is 23.6 Å². The Morgan fingerprint density at radius 1 is 0.837 bits per heavy atom. The number of hydrogen-bond donors (Lipinski definition) is 0. The van der Waals surface area contributed by atoms with Crippen LogP contribution in [0, 0.1) is 35.2 Å². The van der Waals surface area contributed by atoms with Crippen LogP contribution in [0.1, 0.15) is 82.1 Å². The van der Waals surface area contributed by atoms with E-state index >= 15 is 0 Å². The Balaban J connectivity index is 1.32. The van der Waals surface area contributed by atoms with Crippen molar-refractivity contribution in [2.45, 2.75) is 77.1 Å². The molecule has 2 aromatic carbocycles.